The standard InChI is InChI=1S/C11H16N4O2/c16-5-3-1-2-4-15-8-14-11-10(15)9(17)6-12-7-13-11/h7-8,16H,1-6H2,(H,12,13). The molecule has 2 heterocycles. The molecule has 0 atom stereocenters. The molecule has 6 heteroatoms. The summed E-state index contributed by atoms with van der Waals surface area (Å²) < 4.78 is 1.86. The number of hydrogen-bond acceptors (Lipinski definition) is 5. The molecule has 1 aliphatic heterocycles. The second kappa shape index (κ2) is 5.58. The van der Waals surface area contributed by atoms with Crippen LogP contribution >= 0.6 is 0 Å². The molecule has 0 aliphatic carbocycles. The lowest BCUT2D eigenvalue weighted by atomic mass is 10.2. The Labute approximate surface area is 99.4 Å². The van der Waals surface area contributed by atoms with Crippen molar-refractivity contribution in [2.45, 2.75) is 25.8 Å². The van der Waals surface area contributed by atoms with E-state index >= 15 is 0 Å². The van der Waals surface area contributed by atoms with E-state index in [1.165, 1.54) is 6.34 Å². The normalized spacial score (nSPS) is 14.3. The molecule has 0 spiro atoms. The summed E-state index contributed by atoms with van der Waals surface area (Å²) >= 11 is 0. The minimum atomic E-state index is -0.0130. The van der Waals surface area contributed by atoms with Crippen LogP contribution in [0.15, 0.2) is 11.3 Å². The molecule has 0 unspecified atom stereocenters. The van der Waals surface area contributed by atoms with Crippen LogP contribution in [0.5, 0.6) is 0 Å². The van der Waals surface area contributed by atoms with Crippen LogP contribution < -0.4 is 5.32 Å². The van der Waals surface area contributed by atoms with E-state index < -0.39 is 0 Å². The largest absolute Gasteiger partial charge is 0.396 e. The first kappa shape index (κ1) is 11.8. The van der Waals surface area contributed by atoms with Gasteiger partial charge in [-0.2, -0.15) is 0 Å². The van der Waals surface area contributed by atoms with Gasteiger partial charge in [-0.3, -0.25) is 9.79 Å². The summed E-state index contributed by atoms with van der Waals surface area (Å²) in [5.41, 5.74) is 0.603. The molecule has 2 N–H and O–H groups in total. The summed E-state index contributed by atoms with van der Waals surface area (Å²) in [5, 5.41) is 11.6. The number of aromatic nitrogens is 2. The number of carbonyl (C=O) groups excluding carboxylic acids is 1. The molecule has 2 rings (SSSR count). The van der Waals surface area contributed by atoms with Crippen LogP contribution in [0.1, 0.15) is 29.8 Å². The van der Waals surface area contributed by atoms with Gasteiger partial charge in [-0.25, -0.2) is 4.98 Å². The third-order valence-corrected chi connectivity index (χ3v) is 2.69. The maximum absolute atomic E-state index is 11.8. The van der Waals surface area contributed by atoms with Crippen LogP contribution in [-0.2, 0) is 6.54 Å². The average Bonchev–Trinajstić information content (AvgIpc) is 2.64. The van der Waals surface area contributed by atoms with Crippen LogP contribution in [0, 0.1) is 0 Å². The highest BCUT2D eigenvalue weighted by atomic mass is 16.2. The number of carbonyl (C=O) groups is 1. The van der Waals surface area contributed by atoms with Gasteiger partial charge < -0.3 is 15.0 Å². The summed E-state index contributed by atoms with van der Waals surface area (Å²) in [7, 11) is 0. The van der Waals surface area contributed by atoms with Gasteiger partial charge in [0.1, 0.15) is 12.2 Å². The van der Waals surface area contributed by atoms with Crippen molar-refractivity contribution in [1.82, 2.24) is 9.55 Å². The van der Waals surface area contributed by atoms with Crippen molar-refractivity contribution < 1.29 is 9.90 Å². The van der Waals surface area contributed by atoms with E-state index in [-0.39, 0.29) is 18.9 Å². The van der Waals surface area contributed by atoms with Crippen molar-refractivity contribution in [3.63, 3.8) is 0 Å². The molecule has 1 aliphatic rings. The van der Waals surface area contributed by atoms with Crippen LogP contribution in [0.4, 0.5) is 5.82 Å². The number of aliphatic hydroxyl groups excluding tert-OH is 1. The zero-order chi connectivity index (χ0) is 12.1. The van der Waals surface area contributed by atoms with Gasteiger partial charge in [-0.1, -0.05) is 0 Å². The number of fused-ring (bicyclic) bond motifs is 1. The Morgan fingerprint density at radius 1 is 1.41 bits per heavy atom. The van der Waals surface area contributed by atoms with Gasteiger partial charge in [0.05, 0.1) is 12.7 Å². The number of unbranched alkanes of at least 4 members (excludes halogenated alkanes) is 2. The Bertz CT molecular complexity index is 425. The van der Waals surface area contributed by atoms with Gasteiger partial charge in [0.2, 0.25) is 5.78 Å². The second-order valence-electron chi connectivity index (χ2n) is 3.96. The number of nitrogens with zero attached hydrogens (tertiary/aromatic N) is 3. The molecule has 0 amide bonds. The molecule has 0 saturated heterocycles. The van der Waals surface area contributed by atoms with Gasteiger partial charge in [0.25, 0.3) is 0 Å². The zero-order valence-electron chi connectivity index (χ0n) is 9.59. The number of rotatable bonds is 5. The summed E-state index contributed by atoms with van der Waals surface area (Å²) in [6, 6.07) is 0. The van der Waals surface area contributed by atoms with Crippen LogP contribution in [0.3, 0.4) is 0 Å². The number of ketones is 1. The topological polar surface area (TPSA) is 79.5 Å². The fourth-order valence-electron chi connectivity index (χ4n) is 1.83. The number of aryl methyl sites for hydroxylation is 1. The first-order valence-corrected chi connectivity index (χ1v) is 5.77. The van der Waals surface area contributed by atoms with Crippen molar-refractivity contribution in [2.75, 3.05) is 18.5 Å². The van der Waals surface area contributed by atoms with Gasteiger partial charge in [0, 0.05) is 13.2 Å². The van der Waals surface area contributed by atoms with E-state index in [1.54, 1.807) is 6.33 Å². The molecule has 1 aromatic rings. The minimum absolute atomic E-state index is 0.0130. The number of nitrogens with one attached hydrogen (secondary N) is 1. The van der Waals surface area contributed by atoms with E-state index in [9.17, 15) is 4.79 Å². The van der Waals surface area contributed by atoms with Crippen molar-refractivity contribution in [1.29, 1.82) is 0 Å². The number of imidazole rings is 1. The minimum Gasteiger partial charge on any atom is -0.396 e. The molecular formula is C11H16N4O2. The zero-order valence-corrected chi connectivity index (χ0v) is 9.59. The lowest BCUT2D eigenvalue weighted by Gasteiger charge is -2.06. The second-order valence-corrected chi connectivity index (χ2v) is 3.96. The third-order valence-electron chi connectivity index (χ3n) is 2.69. The van der Waals surface area contributed by atoms with Crippen molar-refractivity contribution in [3.05, 3.63) is 12.0 Å². The third kappa shape index (κ3) is 2.71. The first-order chi connectivity index (χ1) is 8.33. The van der Waals surface area contributed by atoms with Gasteiger partial charge in [-0.05, 0) is 19.3 Å². The summed E-state index contributed by atoms with van der Waals surface area (Å²) in [6.07, 6.45) is 5.85. The molecular weight excluding hydrogens is 220 g/mol. The van der Waals surface area contributed by atoms with Gasteiger partial charge in [0.15, 0.2) is 5.82 Å². The highest BCUT2D eigenvalue weighted by molar-refractivity contribution is 6.04. The molecule has 0 saturated carbocycles. The number of aliphatic imine (C=N–C) groups is 1. The van der Waals surface area contributed by atoms with Crippen LogP contribution in [-0.4, -0.2) is 39.9 Å². The molecule has 6 nitrogen and oxygen atoms in total. The highest BCUT2D eigenvalue weighted by Crippen LogP contribution is 2.16. The van der Waals surface area contributed by atoms with Crippen molar-refractivity contribution in [3.8, 4) is 0 Å². The number of anilines is 1. The quantitative estimate of drug-likeness (QED) is 0.737. The monoisotopic (exact) mass is 236 g/mol. The Kier molecular flexibility index (Phi) is 3.87. The molecule has 0 aromatic carbocycles. The van der Waals surface area contributed by atoms with Crippen LogP contribution in [0.2, 0.25) is 0 Å². The fourth-order valence-corrected chi connectivity index (χ4v) is 1.83. The molecule has 0 bridgehead atoms. The number of Topliss-reactive ketones (excluding diaryl/α,β-unsaturated/α-hetero) is 1. The van der Waals surface area contributed by atoms with Crippen molar-refractivity contribution in [2.24, 2.45) is 4.99 Å². The molecule has 92 valence electrons. The summed E-state index contributed by atoms with van der Waals surface area (Å²) in [6.45, 7) is 1.13. The lowest BCUT2D eigenvalue weighted by Crippen LogP contribution is -2.11. The Balaban J connectivity index is 2.04. The van der Waals surface area contributed by atoms with E-state index in [0.717, 1.165) is 25.8 Å². The van der Waals surface area contributed by atoms with Gasteiger partial charge in [-0.15, -0.1) is 0 Å². The molecule has 0 fully saturated rings. The molecule has 17 heavy (non-hydrogen) atoms. The van der Waals surface area contributed by atoms with E-state index in [4.69, 9.17) is 5.11 Å². The lowest BCUT2D eigenvalue weighted by molar-refractivity contribution is 0.0994. The summed E-state index contributed by atoms with van der Waals surface area (Å²) in [5.74, 6) is 0.569. The highest BCUT2D eigenvalue weighted by Gasteiger charge is 2.19. The van der Waals surface area contributed by atoms with Crippen molar-refractivity contribution >= 4 is 17.9 Å². The van der Waals surface area contributed by atoms with E-state index in [2.05, 4.69) is 15.3 Å². The SMILES string of the molecule is O=C1CN=CNc2ncn(CCCCCO)c21. The van der Waals surface area contributed by atoms with E-state index in [1.807, 2.05) is 4.57 Å². The predicted molar refractivity (Wildman–Crippen MR) is 64.5 cm³/mol. The predicted octanol–water partition coefficient (Wildman–Crippen LogP) is 0.682. The Morgan fingerprint density at radius 2 is 2.29 bits per heavy atom. The molecule has 0 radical (unpaired) electrons. The average molecular weight is 236 g/mol. The number of hydrogen-bond donors (Lipinski definition) is 2. The Morgan fingerprint density at radius 3 is 3.12 bits per heavy atom. The van der Waals surface area contributed by atoms with Gasteiger partial charge >= 0.3 is 0 Å². The maximum Gasteiger partial charge on any atom is 0.204 e. The Hall–Kier alpha value is -1.69. The fraction of sp³-hybridized carbons (Fsp3) is 0.545. The van der Waals surface area contributed by atoms with Crippen LogP contribution in [0.25, 0.3) is 0 Å². The number of aliphatic hydroxyl groups is 1. The maximum atomic E-state index is 11.8. The summed E-state index contributed by atoms with van der Waals surface area (Å²) in [4.78, 5) is 19.9. The van der Waals surface area contributed by atoms with E-state index in [0.29, 0.717) is 11.5 Å². The first-order valence-electron chi connectivity index (χ1n) is 5.77. The molecule has 1 aromatic heterocycles. The smallest absolute Gasteiger partial charge is 0.204 e.